The SMILES string of the molecule is CN(CCN(C)C[C@H]1CC[C@H](n2cc(NC(=O)c3cnn4ccc(N5C[C@H]6C[C@@H]5CO6)nc34)c(C(F)F)n2)CC1)Cc1ccc(CNc2cccc3c2C(=O)N(C2CCC(=O)NC2=O)C3=O)cc1. The largest absolute Gasteiger partial charge is 0.380 e. The summed E-state index contributed by atoms with van der Waals surface area (Å²) in [6.07, 6.45) is 6.54. The molecular weight excluding hydrogens is 879 g/mol. The van der Waals surface area contributed by atoms with Crippen LogP contribution in [0.5, 0.6) is 0 Å². The summed E-state index contributed by atoms with van der Waals surface area (Å²) in [7, 11) is 4.22. The van der Waals surface area contributed by atoms with Crippen LogP contribution in [0.3, 0.4) is 0 Å². The van der Waals surface area contributed by atoms with E-state index in [0.717, 1.165) is 86.7 Å². The smallest absolute Gasteiger partial charge is 0.284 e. The fourth-order valence-corrected chi connectivity index (χ4v) is 10.4. The molecule has 7 heterocycles. The van der Waals surface area contributed by atoms with Gasteiger partial charge in [0.25, 0.3) is 24.1 Å². The van der Waals surface area contributed by atoms with Gasteiger partial charge in [0.1, 0.15) is 17.4 Å². The number of likely N-dealkylation sites (N-methyl/N-ethyl adjacent to an activating group) is 2. The molecule has 0 spiro atoms. The molecule has 10 rings (SSSR count). The number of aromatic nitrogens is 5. The lowest BCUT2D eigenvalue weighted by atomic mass is 9.86. The van der Waals surface area contributed by atoms with Gasteiger partial charge in [0.05, 0.1) is 47.8 Å². The fourth-order valence-electron chi connectivity index (χ4n) is 10.4. The number of benzene rings is 2. The minimum atomic E-state index is -2.87. The predicted octanol–water partition coefficient (Wildman–Crippen LogP) is 4.90. The van der Waals surface area contributed by atoms with Crippen molar-refractivity contribution < 1.29 is 37.5 Å². The van der Waals surface area contributed by atoms with Crippen LogP contribution in [0.1, 0.15) is 105 Å². The number of hydrogen-bond donors (Lipinski definition) is 3. The predicted molar refractivity (Wildman–Crippen MR) is 245 cm³/mol. The van der Waals surface area contributed by atoms with E-state index in [4.69, 9.17) is 9.72 Å². The van der Waals surface area contributed by atoms with Gasteiger partial charge < -0.3 is 30.1 Å². The average molecular weight is 933 g/mol. The van der Waals surface area contributed by atoms with E-state index in [1.165, 1.54) is 16.9 Å². The molecule has 3 aromatic heterocycles. The molecule has 2 bridgehead atoms. The Kier molecular flexibility index (Phi) is 12.5. The number of piperidine rings is 1. The van der Waals surface area contributed by atoms with E-state index < -0.39 is 47.7 Å². The molecule has 356 valence electrons. The third-order valence-electron chi connectivity index (χ3n) is 14.1. The van der Waals surface area contributed by atoms with Gasteiger partial charge >= 0.3 is 0 Å². The van der Waals surface area contributed by atoms with Crippen LogP contribution in [0.2, 0.25) is 0 Å². The summed E-state index contributed by atoms with van der Waals surface area (Å²) < 4.78 is 37.5. The maximum atomic E-state index is 14.3. The number of hydrogen-bond acceptors (Lipinski definition) is 13. The van der Waals surface area contributed by atoms with E-state index in [1.54, 1.807) is 29.1 Å². The standard InChI is InChI=1S/C48H54F2N12O6/c1-57(23-29-8-6-28(7-9-29)21-51-36-5-3-4-34-41(36)48(67)62(47(34)66)38-14-15-40(63)55-46(38)65)18-19-58(2)24-30-10-12-31(13-11-30)61-26-37(42(56-61)43(49)50)53-45(64)35-22-52-60-17-16-39(54-44(35)60)59-25-33-20-32(59)27-68-33/h3-9,16-17,22,26,30-33,38,43,51H,10-15,18-21,23-25,27H2,1-2H3,(H,53,64)(H,55,63,65)/t30-,31-,32-,33-,38?/m1/s1. The second kappa shape index (κ2) is 18.8. The number of halogens is 2. The van der Waals surface area contributed by atoms with E-state index in [9.17, 15) is 32.8 Å². The van der Waals surface area contributed by atoms with Crippen molar-refractivity contribution >= 4 is 52.4 Å². The summed E-state index contributed by atoms with van der Waals surface area (Å²) in [5.74, 6) is -1.54. The Hall–Kier alpha value is -6.64. The minimum absolute atomic E-state index is 0.0135. The molecule has 20 heteroatoms. The van der Waals surface area contributed by atoms with Crippen LogP contribution in [0, 0.1) is 5.92 Å². The van der Waals surface area contributed by atoms with Gasteiger partial charge in [-0.05, 0) is 87.9 Å². The number of anilines is 3. The summed E-state index contributed by atoms with van der Waals surface area (Å²) in [5.41, 5.74) is 3.16. The molecule has 1 aliphatic carbocycles. The highest BCUT2D eigenvalue weighted by Gasteiger charge is 2.46. The molecule has 3 atom stereocenters. The molecule has 5 aliphatic rings. The number of carbonyl (C=O) groups is 5. The van der Waals surface area contributed by atoms with Crippen molar-refractivity contribution in [1.29, 1.82) is 0 Å². The molecule has 3 saturated heterocycles. The van der Waals surface area contributed by atoms with Crippen molar-refractivity contribution in [3.8, 4) is 0 Å². The highest BCUT2D eigenvalue weighted by atomic mass is 19.3. The number of fused-ring (bicyclic) bond motifs is 4. The van der Waals surface area contributed by atoms with Gasteiger partial charge in [-0.2, -0.15) is 10.2 Å². The number of nitrogens with one attached hydrogen (secondary N) is 3. The number of ether oxygens (including phenoxy) is 1. The summed E-state index contributed by atoms with van der Waals surface area (Å²) in [4.78, 5) is 76.9. The van der Waals surface area contributed by atoms with Gasteiger partial charge in [-0.15, -0.1) is 0 Å². The molecule has 2 aromatic carbocycles. The van der Waals surface area contributed by atoms with Crippen molar-refractivity contribution in [2.75, 3.05) is 62.4 Å². The third-order valence-corrected chi connectivity index (χ3v) is 14.1. The molecular formula is C48H54F2N12O6. The van der Waals surface area contributed by atoms with E-state index in [1.807, 2.05) is 18.2 Å². The van der Waals surface area contributed by atoms with Crippen LogP contribution in [0.25, 0.3) is 5.65 Å². The van der Waals surface area contributed by atoms with Crippen molar-refractivity contribution in [1.82, 2.24) is 44.4 Å². The number of nitrogens with zero attached hydrogens (tertiary/aromatic N) is 9. The Labute approximate surface area is 391 Å². The second-order valence-electron chi connectivity index (χ2n) is 18.8. The third kappa shape index (κ3) is 9.06. The number of morpholine rings is 1. The normalized spacial score (nSPS) is 22.6. The van der Waals surface area contributed by atoms with Crippen LogP contribution in [-0.2, 0) is 27.4 Å². The van der Waals surface area contributed by atoms with Crippen LogP contribution >= 0.6 is 0 Å². The molecule has 5 amide bonds. The maximum absolute atomic E-state index is 14.3. The summed E-state index contributed by atoms with van der Waals surface area (Å²) in [6.45, 7) is 5.20. The van der Waals surface area contributed by atoms with Gasteiger partial charge in [0, 0.05) is 63.8 Å². The summed E-state index contributed by atoms with van der Waals surface area (Å²) in [6, 6.07) is 14.3. The van der Waals surface area contributed by atoms with Crippen molar-refractivity contribution in [2.45, 2.75) is 88.7 Å². The van der Waals surface area contributed by atoms with Gasteiger partial charge in [-0.1, -0.05) is 30.3 Å². The number of amides is 5. The van der Waals surface area contributed by atoms with Gasteiger partial charge in [-0.25, -0.2) is 18.3 Å². The number of alkyl halides is 2. The summed E-state index contributed by atoms with van der Waals surface area (Å²) in [5, 5.41) is 16.8. The van der Waals surface area contributed by atoms with Gasteiger partial charge in [-0.3, -0.25) is 38.9 Å². The molecule has 5 aromatic rings. The first-order chi connectivity index (χ1) is 32.9. The van der Waals surface area contributed by atoms with Crippen LogP contribution < -0.4 is 20.9 Å². The monoisotopic (exact) mass is 932 g/mol. The molecule has 1 saturated carbocycles. The first-order valence-corrected chi connectivity index (χ1v) is 23.3. The van der Waals surface area contributed by atoms with Crippen LogP contribution in [0.15, 0.2) is 67.1 Å². The Bertz CT molecular complexity index is 2750. The molecule has 4 aliphatic heterocycles. The first kappa shape index (κ1) is 45.2. The lowest BCUT2D eigenvalue weighted by Gasteiger charge is -2.32. The van der Waals surface area contributed by atoms with Gasteiger partial charge in [0.15, 0.2) is 11.3 Å². The van der Waals surface area contributed by atoms with Crippen LogP contribution in [-0.4, -0.2) is 134 Å². The van der Waals surface area contributed by atoms with Crippen molar-refractivity contribution in [3.63, 3.8) is 0 Å². The average Bonchev–Trinajstić information content (AvgIpc) is 4.18. The quantitative estimate of drug-likeness (QED) is 0.113. The molecule has 1 unspecified atom stereocenters. The van der Waals surface area contributed by atoms with E-state index >= 15 is 0 Å². The molecule has 0 radical (unpaired) electrons. The topological polar surface area (TPSA) is 192 Å². The Morgan fingerprint density at radius 3 is 2.44 bits per heavy atom. The Morgan fingerprint density at radius 2 is 1.71 bits per heavy atom. The lowest BCUT2D eigenvalue weighted by molar-refractivity contribution is -0.136. The zero-order valence-electron chi connectivity index (χ0n) is 37.9. The molecule has 18 nitrogen and oxygen atoms in total. The highest BCUT2D eigenvalue weighted by molar-refractivity contribution is 6.25. The molecule has 68 heavy (non-hydrogen) atoms. The Morgan fingerprint density at radius 1 is 0.926 bits per heavy atom. The zero-order chi connectivity index (χ0) is 47.2. The van der Waals surface area contributed by atoms with E-state index in [-0.39, 0.29) is 53.4 Å². The van der Waals surface area contributed by atoms with E-state index in [0.29, 0.717) is 30.4 Å². The first-order valence-electron chi connectivity index (χ1n) is 23.3. The second-order valence-corrected chi connectivity index (χ2v) is 18.8. The van der Waals surface area contributed by atoms with E-state index in [2.05, 4.69) is 67.1 Å². The summed E-state index contributed by atoms with van der Waals surface area (Å²) >= 11 is 0. The molecule has 4 fully saturated rings. The molecule has 3 N–H and O–H groups in total. The maximum Gasteiger partial charge on any atom is 0.284 e. The van der Waals surface area contributed by atoms with Crippen molar-refractivity contribution in [3.05, 3.63) is 101 Å². The number of imide groups is 2. The zero-order valence-corrected chi connectivity index (χ0v) is 37.9. The minimum Gasteiger partial charge on any atom is -0.380 e. The highest BCUT2D eigenvalue weighted by Crippen LogP contribution is 2.37. The lowest BCUT2D eigenvalue weighted by Crippen LogP contribution is -2.54. The van der Waals surface area contributed by atoms with Gasteiger partial charge in [0.2, 0.25) is 11.8 Å². The number of rotatable bonds is 16. The van der Waals surface area contributed by atoms with Crippen LogP contribution in [0.4, 0.5) is 26.0 Å². The Balaban J connectivity index is 0.670. The fraction of sp³-hybridized carbons (Fsp3) is 0.458. The number of carbonyl (C=O) groups excluding carboxylic acids is 5. The van der Waals surface area contributed by atoms with Crippen molar-refractivity contribution in [2.24, 2.45) is 5.92 Å².